The highest BCUT2D eigenvalue weighted by Gasteiger charge is 2.29. The lowest BCUT2D eigenvalue weighted by atomic mass is 9.89. The van der Waals surface area contributed by atoms with Gasteiger partial charge in [0.25, 0.3) is 5.91 Å². The van der Waals surface area contributed by atoms with Crippen LogP contribution in [0.25, 0.3) is 11.0 Å². The standard InChI is InChI=1S/C22H18ClNO5/c23-15-3-6-17-18(26)12-20(29-19(17)11-15)22(28)24-9-7-14(8-10-24)21(27)13-1-4-16(25)5-2-13/h1-6,11-12,14,25H,7-10H2. The quantitative estimate of drug-likeness (QED) is 0.660. The van der Waals surface area contributed by atoms with Gasteiger partial charge in [0, 0.05) is 41.7 Å². The molecule has 148 valence electrons. The van der Waals surface area contributed by atoms with Gasteiger partial charge in [0.1, 0.15) is 11.3 Å². The number of ketones is 1. The minimum Gasteiger partial charge on any atom is -0.508 e. The zero-order chi connectivity index (χ0) is 20.5. The van der Waals surface area contributed by atoms with E-state index in [4.69, 9.17) is 16.0 Å². The van der Waals surface area contributed by atoms with Crippen molar-refractivity contribution in [3.63, 3.8) is 0 Å². The number of halogens is 1. The summed E-state index contributed by atoms with van der Waals surface area (Å²) in [5.74, 6) is -0.484. The number of benzene rings is 2. The van der Waals surface area contributed by atoms with Crippen LogP contribution in [0.15, 0.2) is 57.7 Å². The number of hydrogen-bond donors (Lipinski definition) is 1. The van der Waals surface area contributed by atoms with Crippen LogP contribution in [0.2, 0.25) is 5.02 Å². The van der Waals surface area contributed by atoms with Gasteiger partial charge in [-0.3, -0.25) is 14.4 Å². The molecule has 1 fully saturated rings. The monoisotopic (exact) mass is 411 g/mol. The molecule has 1 aromatic heterocycles. The van der Waals surface area contributed by atoms with Gasteiger partial charge in [0.05, 0.1) is 5.39 Å². The normalized spacial score (nSPS) is 14.9. The van der Waals surface area contributed by atoms with Crippen LogP contribution < -0.4 is 5.43 Å². The minimum absolute atomic E-state index is 0.00368. The molecule has 6 nitrogen and oxygen atoms in total. The fourth-order valence-electron chi connectivity index (χ4n) is 3.60. The smallest absolute Gasteiger partial charge is 0.289 e. The van der Waals surface area contributed by atoms with Crippen LogP contribution in [0.1, 0.15) is 33.8 Å². The largest absolute Gasteiger partial charge is 0.508 e. The minimum atomic E-state index is -0.375. The third-order valence-corrected chi connectivity index (χ3v) is 5.44. The molecule has 1 aliphatic rings. The van der Waals surface area contributed by atoms with Gasteiger partial charge in [-0.1, -0.05) is 11.6 Å². The van der Waals surface area contributed by atoms with E-state index in [-0.39, 0.29) is 40.1 Å². The second-order valence-corrected chi connectivity index (χ2v) is 7.53. The number of phenols is 1. The van der Waals surface area contributed by atoms with Crippen molar-refractivity contribution in [3.8, 4) is 5.75 Å². The number of phenolic OH excluding ortho intramolecular Hbond substituents is 1. The SMILES string of the molecule is O=C(c1ccc(O)cc1)C1CCN(C(=O)c2cc(=O)c3ccc(Cl)cc3o2)CC1. The van der Waals surface area contributed by atoms with Crippen molar-refractivity contribution in [2.45, 2.75) is 12.8 Å². The van der Waals surface area contributed by atoms with E-state index in [0.717, 1.165) is 0 Å². The maximum Gasteiger partial charge on any atom is 0.289 e. The zero-order valence-corrected chi connectivity index (χ0v) is 16.2. The maximum atomic E-state index is 12.8. The van der Waals surface area contributed by atoms with Crippen LogP contribution in [-0.2, 0) is 0 Å². The molecule has 2 aromatic carbocycles. The number of rotatable bonds is 3. The summed E-state index contributed by atoms with van der Waals surface area (Å²) >= 11 is 5.95. The van der Waals surface area contributed by atoms with Crippen molar-refractivity contribution >= 4 is 34.3 Å². The van der Waals surface area contributed by atoms with E-state index in [0.29, 0.717) is 41.9 Å². The molecule has 1 saturated heterocycles. The van der Waals surface area contributed by atoms with Gasteiger partial charge in [0.2, 0.25) is 0 Å². The number of aromatic hydroxyl groups is 1. The predicted molar refractivity (Wildman–Crippen MR) is 109 cm³/mol. The average molecular weight is 412 g/mol. The summed E-state index contributed by atoms with van der Waals surface area (Å²) in [6.45, 7) is 0.787. The Kier molecular flexibility index (Phi) is 5.11. The van der Waals surface area contributed by atoms with E-state index < -0.39 is 0 Å². The van der Waals surface area contributed by atoms with Crippen LogP contribution in [0.4, 0.5) is 0 Å². The van der Waals surface area contributed by atoms with Gasteiger partial charge in [-0.2, -0.15) is 0 Å². The number of carbonyl (C=O) groups excluding carboxylic acids is 2. The highest BCUT2D eigenvalue weighted by Crippen LogP contribution is 2.25. The van der Waals surface area contributed by atoms with Gasteiger partial charge in [-0.15, -0.1) is 0 Å². The van der Waals surface area contributed by atoms with Crippen molar-refractivity contribution in [1.82, 2.24) is 4.90 Å². The van der Waals surface area contributed by atoms with Crippen molar-refractivity contribution in [2.24, 2.45) is 5.92 Å². The molecule has 0 aliphatic carbocycles. The van der Waals surface area contributed by atoms with Gasteiger partial charge < -0.3 is 14.4 Å². The molecule has 1 aliphatic heterocycles. The number of Topliss-reactive ketones (excluding diaryl/α,β-unsaturated/α-hetero) is 1. The predicted octanol–water partition coefficient (Wildman–Crippen LogP) is 3.89. The second kappa shape index (κ2) is 7.72. The summed E-state index contributed by atoms with van der Waals surface area (Å²) in [5.41, 5.74) is 0.513. The molecule has 3 aromatic rings. The molecule has 0 bridgehead atoms. The Bertz CT molecular complexity index is 1140. The molecule has 4 rings (SSSR count). The molecule has 29 heavy (non-hydrogen) atoms. The van der Waals surface area contributed by atoms with E-state index in [1.165, 1.54) is 24.3 Å². The molecule has 1 amide bonds. The zero-order valence-electron chi connectivity index (χ0n) is 15.4. The topological polar surface area (TPSA) is 87.8 Å². The fraction of sp³-hybridized carbons (Fsp3) is 0.227. The number of amides is 1. The van der Waals surface area contributed by atoms with Crippen LogP contribution in [-0.4, -0.2) is 34.8 Å². The third-order valence-electron chi connectivity index (χ3n) is 5.21. The molecular weight excluding hydrogens is 394 g/mol. The average Bonchev–Trinajstić information content (AvgIpc) is 2.73. The number of nitrogens with zero attached hydrogens (tertiary/aromatic N) is 1. The number of piperidine rings is 1. The summed E-state index contributed by atoms with van der Waals surface area (Å²) in [5, 5.41) is 10.1. The molecule has 0 saturated carbocycles. The van der Waals surface area contributed by atoms with E-state index in [9.17, 15) is 19.5 Å². The summed E-state index contributed by atoms with van der Waals surface area (Å²) in [6, 6.07) is 12.0. The number of likely N-dealkylation sites (tertiary alicyclic amines) is 1. The Hall–Kier alpha value is -3.12. The highest BCUT2D eigenvalue weighted by molar-refractivity contribution is 6.31. The van der Waals surface area contributed by atoms with Crippen molar-refractivity contribution < 1.29 is 19.1 Å². The lowest BCUT2D eigenvalue weighted by molar-refractivity contribution is 0.0625. The Balaban J connectivity index is 1.48. The molecule has 0 unspecified atom stereocenters. The Morgan fingerprint density at radius 3 is 2.41 bits per heavy atom. The van der Waals surface area contributed by atoms with E-state index in [2.05, 4.69) is 0 Å². The summed E-state index contributed by atoms with van der Waals surface area (Å²) < 4.78 is 5.63. The van der Waals surface area contributed by atoms with Gasteiger partial charge >= 0.3 is 0 Å². The first-order chi connectivity index (χ1) is 13.9. The Labute approximate surface area is 171 Å². The Morgan fingerprint density at radius 1 is 1.03 bits per heavy atom. The lowest BCUT2D eigenvalue weighted by Gasteiger charge is -2.31. The van der Waals surface area contributed by atoms with E-state index in [1.807, 2.05) is 0 Å². The van der Waals surface area contributed by atoms with Crippen LogP contribution in [0, 0.1) is 5.92 Å². The fourth-order valence-corrected chi connectivity index (χ4v) is 3.76. The number of carbonyl (C=O) groups is 2. The van der Waals surface area contributed by atoms with Crippen LogP contribution in [0.3, 0.4) is 0 Å². The van der Waals surface area contributed by atoms with E-state index >= 15 is 0 Å². The second-order valence-electron chi connectivity index (χ2n) is 7.09. The molecule has 0 atom stereocenters. The first-order valence-electron chi connectivity index (χ1n) is 9.28. The number of fused-ring (bicyclic) bond motifs is 1. The summed E-state index contributed by atoms with van der Waals surface area (Å²) in [7, 11) is 0. The van der Waals surface area contributed by atoms with Gasteiger partial charge in [-0.05, 0) is 49.2 Å². The first kappa shape index (κ1) is 19.2. The third kappa shape index (κ3) is 3.89. The highest BCUT2D eigenvalue weighted by atomic mass is 35.5. The maximum absolute atomic E-state index is 12.8. The summed E-state index contributed by atoms with van der Waals surface area (Å²) in [4.78, 5) is 39.3. The molecule has 0 spiro atoms. The van der Waals surface area contributed by atoms with Gasteiger partial charge in [-0.25, -0.2) is 0 Å². The van der Waals surface area contributed by atoms with Gasteiger partial charge in [0.15, 0.2) is 17.0 Å². The molecule has 0 radical (unpaired) electrons. The van der Waals surface area contributed by atoms with E-state index in [1.54, 1.807) is 29.2 Å². The summed E-state index contributed by atoms with van der Waals surface area (Å²) in [6.07, 6.45) is 1.05. The Morgan fingerprint density at radius 2 is 1.72 bits per heavy atom. The van der Waals surface area contributed by atoms with Crippen molar-refractivity contribution in [2.75, 3.05) is 13.1 Å². The molecule has 1 N–H and O–H groups in total. The van der Waals surface area contributed by atoms with Crippen molar-refractivity contribution in [1.29, 1.82) is 0 Å². The lowest BCUT2D eigenvalue weighted by Crippen LogP contribution is -2.40. The molecular formula is C22H18ClNO5. The molecule has 7 heteroatoms. The van der Waals surface area contributed by atoms with Crippen LogP contribution in [0.5, 0.6) is 5.75 Å². The first-order valence-corrected chi connectivity index (χ1v) is 9.66. The number of hydrogen-bond acceptors (Lipinski definition) is 5. The van der Waals surface area contributed by atoms with Crippen LogP contribution >= 0.6 is 11.6 Å². The molecule has 2 heterocycles. The van der Waals surface area contributed by atoms with Crippen molar-refractivity contribution in [3.05, 3.63) is 75.1 Å².